The van der Waals surface area contributed by atoms with E-state index in [2.05, 4.69) is 22.1 Å². The molecule has 0 atom stereocenters. The Labute approximate surface area is 139 Å². The molecule has 0 aliphatic carbocycles. The van der Waals surface area contributed by atoms with E-state index in [0.717, 1.165) is 22.3 Å². The molecule has 0 N–H and O–H groups in total. The van der Waals surface area contributed by atoms with Crippen LogP contribution in [0.2, 0.25) is 0 Å². The maximum Gasteiger partial charge on any atom is 0.299 e. The van der Waals surface area contributed by atoms with Gasteiger partial charge in [0.1, 0.15) is 0 Å². The lowest BCUT2D eigenvalue weighted by Gasteiger charge is -2.10. The quantitative estimate of drug-likeness (QED) is 0.581. The first-order valence-corrected chi connectivity index (χ1v) is 7.77. The summed E-state index contributed by atoms with van der Waals surface area (Å²) in [4.78, 5) is 20.7. The highest BCUT2D eigenvalue weighted by Crippen LogP contribution is 2.19. The molecule has 0 amide bonds. The van der Waals surface area contributed by atoms with Gasteiger partial charge in [-0.15, -0.1) is 0 Å². The number of hydrogen-bond acceptors (Lipinski definition) is 3. The molecule has 2 aromatic heterocycles. The fourth-order valence-corrected chi connectivity index (χ4v) is 2.76. The Morgan fingerprint density at radius 3 is 2.29 bits per heavy atom. The second-order valence-electron chi connectivity index (χ2n) is 5.59. The zero-order valence-electron chi connectivity index (χ0n) is 13.0. The molecule has 0 fully saturated rings. The summed E-state index contributed by atoms with van der Waals surface area (Å²) in [5.41, 5.74) is 3.80. The normalized spacial score (nSPS) is 10.8. The van der Waals surface area contributed by atoms with E-state index in [4.69, 9.17) is 0 Å². The Morgan fingerprint density at radius 2 is 1.54 bits per heavy atom. The van der Waals surface area contributed by atoms with Crippen molar-refractivity contribution in [2.24, 2.45) is 0 Å². The maximum atomic E-state index is 12.2. The van der Waals surface area contributed by atoms with Gasteiger partial charge >= 0.3 is 0 Å². The molecule has 4 aromatic rings. The second-order valence-corrected chi connectivity index (χ2v) is 5.59. The minimum absolute atomic E-state index is 0.299. The first-order valence-electron chi connectivity index (χ1n) is 7.77. The summed E-state index contributed by atoms with van der Waals surface area (Å²) in [5.74, 6) is 0. The molecule has 2 heterocycles. The van der Waals surface area contributed by atoms with Gasteiger partial charge in [0.15, 0.2) is 5.52 Å². The number of hydrogen-bond donors (Lipinski definition) is 0. The van der Waals surface area contributed by atoms with Crippen LogP contribution in [0.25, 0.3) is 22.3 Å². The van der Waals surface area contributed by atoms with E-state index >= 15 is 0 Å². The average Bonchev–Trinajstić information content (AvgIpc) is 2.65. The number of aromatic nitrogens is 3. The van der Waals surface area contributed by atoms with Crippen molar-refractivity contribution in [3.05, 3.63) is 95.0 Å². The van der Waals surface area contributed by atoms with Crippen LogP contribution in [-0.4, -0.2) is 14.5 Å². The largest absolute Gasteiger partial charge is 0.326 e. The van der Waals surface area contributed by atoms with Crippen LogP contribution in [0, 0.1) is 0 Å². The van der Waals surface area contributed by atoms with Crippen LogP contribution in [0.15, 0.2) is 83.9 Å². The summed E-state index contributed by atoms with van der Waals surface area (Å²) in [6, 6.07) is 23.8. The summed E-state index contributed by atoms with van der Waals surface area (Å²) < 4.78 is 1.95. The van der Waals surface area contributed by atoms with Gasteiger partial charge in [0.2, 0.25) is 0 Å². The smallest absolute Gasteiger partial charge is 0.299 e. The zero-order valence-corrected chi connectivity index (χ0v) is 13.0. The van der Waals surface area contributed by atoms with E-state index in [0.29, 0.717) is 12.1 Å². The van der Waals surface area contributed by atoms with Crippen LogP contribution in [0.3, 0.4) is 0 Å². The highest BCUT2D eigenvalue weighted by molar-refractivity contribution is 5.77. The van der Waals surface area contributed by atoms with E-state index < -0.39 is 0 Å². The van der Waals surface area contributed by atoms with Crippen molar-refractivity contribution in [3.63, 3.8) is 0 Å². The van der Waals surface area contributed by atoms with Gasteiger partial charge in [-0.1, -0.05) is 60.7 Å². The molecule has 0 bridgehead atoms. The van der Waals surface area contributed by atoms with Crippen LogP contribution < -0.4 is 5.56 Å². The molecule has 0 saturated heterocycles. The van der Waals surface area contributed by atoms with Crippen molar-refractivity contribution >= 4 is 11.0 Å². The topological polar surface area (TPSA) is 47.8 Å². The highest BCUT2D eigenvalue weighted by Gasteiger charge is 2.08. The SMILES string of the molecule is O=c1ncn(Cc2ccccc2)c2ccc(-c3ccccc3)nc12. The van der Waals surface area contributed by atoms with Crippen LogP contribution in [0.4, 0.5) is 0 Å². The van der Waals surface area contributed by atoms with Crippen molar-refractivity contribution in [3.8, 4) is 11.3 Å². The number of rotatable bonds is 3. The molecular weight excluding hydrogens is 298 g/mol. The van der Waals surface area contributed by atoms with Gasteiger partial charge in [-0.25, -0.2) is 4.98 Å². The van der Waals surface area contributed by atoms with Crippen molar-refractivity contribution in [1.82, 2.24) is 14.5 Å². The van der Waals surface area contributed by atoms with Crippen molar-refractivity contribution < 1.29 is 0 Å². The predicted octanol–water partition coefficient (Wildman–Crippen LogP) is 3.51. The van der Waals surface area contributed by atoms with Gasteiger partial charge < -0.3 is 4.57 Å². The molecule has 0 radical (unpaired) electrons. The fraction of sp³-hybridized carbons (Fsp3) is 0.0500. The van der Waals surface area contributed by atoms with Gasteiger partial charge in [0.05, 0.1) is 17.5 Å². The predicted molar refractivity (Wildman–Crippen MR) is 94.8 cm³/mol. The minimum Gasteiger partial charge on any atom is -0.326 e. The molecule has 24 heavy (non-hydrogen) atoms. The molecule has 0 aliphatic rings. The van der Waals surface area contributed by atoms with Crippen LogP contribution in [-0.2, 0) is 6.54 Å². The lowest BCUT2D eigenvalue weighted by Crippen LogP contribution is -2.14. The third-order valence-electron chi connectivity index (χ3n) is 3.97. The minimum atomic E-state index is -0.299. The monoisotopic (exact) mass is 313 g/mol. The molecule has 0 unspecified atom stereocenters. The zero-order chi connectivity index (χ0) is 16.4. The number of nitrogens with zero attached hydrogens (tertiary/aromatic N) is 3. The number of benzene rings is 2. The summed E-state index contributed by atoms with van der Waals surface area (Å²) in [5, 5.41) is 0. The summed E-state index contributed by atoms with van der Waals surface area (Å²) in [6.45, 7) is 0.650. The van der Waals surface area contributed by atoms with Crippen molar-refractivity contribution in [1.29, 1.82) is 0 Å². The molecule has 4 rings (SSSR count). The van der Waals surface area contributed by atoms with Crippen LogP contribution >= 0.6 is 0 Å². The Hall–Kier alpha value is -3.27. The standard InChI is InChI=1S/C20H15N3O/c24-20-19-18(12-11-17(22-19)16-9-5-2-6-10-16)23(14-21-20)13-15-7-3-1-4-8-15/h1-12,14H,13H2. The lowest BCUT2D eigenvalue weighted by atomic mass is 10.1. The molecule has 2 aromatic carbocycles. The molecule has 0 spiro atoms. The van der Waals surface area contributed by atoms with E-state index in [1.807, 2.05) is 65.2 Å². The van der Waals surface area contributed by atoms with E-state index in [9.17, 15) is 4.79 Å². The molecular formula is C20H15N3O. The molecule has 0 aliphatic heterocycles. The van der Waals surface area contributed by atoms with E-state index in [1.54, 1.807) is 6.33 Å². The highest BCUT2D eigenvalue weighted by atomic mass is 16.1. The Kier molecular flexibility index (Phi) is 3.63. The second kappa shape index (κ2) is 6.08. The summed E-state index contributed by atoms with van der Waals surface area (Å²) >= 11 is 0. The fourth-order valence-electron chi connectivity index (χ4n) is 2.76. The maximum absolute atomic E-state index is 12.2. The van der Waals surface area contributed by atoms with Crippen molar-refractivity contribution in [2.75, 3.05) is 0 Å². The van der Waals surface area contributed by atoms with E-state index in [-0.39, 0.29) is 5.56 Å². The Morgan fingerprint density at radius 1 is 0.833 bits per heavy atom. The number of pyridine rings is 1. The van der Waals surface area contributed by atoms with Gasteiger partial charge in [-0.05, 0) is 17.7 Å². The van der Waals surface area contributed by atoms with Gasteiger partial charge in [0.25, 0.3) is 5.56 Å². The van der Waals surface area contributed by atoms with Crippen LogP contribution in [0.1, 0.15) is 5.56 Å². The van der Waals surface area contributed by atoms with E-state index in [1.165, 1.54) is 0 Å². The van der Waals surface area contributed by atoms with Crippen molar-refractivity contribution in [2.45, 2.75) is 6.54 Å². The third-order valence-corrected chi connectivity index (χ3v) is 3.97. The number of fused-ring (bicyclic) bond motifs is 1. The van der Waals surface area contributed by atoms with Gasteiger partial charge in [0, 0.05) is 12.1 Å². The van der Waals surface area contributed by atoms with Crippen LogP contribution in [0.5, 0.6) is 0 Å². The summed E-state index contributed by atoms with van der Waals surface area (Å²) in [6.07, 6.45) is 1.58. The Balaban J connectivity index is 1.83. The molecule has 4 heteroatoms. The molecule has 116 valence electrons. The van der Waals surface area contributed by atoms with Gasteiger partial charge in [-0.3, -0.25) is 4.79 Å². The average molecular weight is 313 g/mol. The first-order chi connectivity index (χ1) is 11.8. The molecule has 0 saturated carbocycles. The summed E-state index contributed by atoms with van der Waals surface area (Å²) in [7, 11) is 0. The third kappa shape index (κ3) is 2.70. The first kappa shape index (κ1) is 14.3. The van der Waals surface area contributed by atoms with Gasteiger partial charge in [-0.2, -0.15) is 4.98 Å². The molecule has 4 nitrogen and oxygen atoms in total. The lowest BCUT2D eigenvalue weighted by molar-refractivity contribution is 0.796. The Bertz CT molecular complexity index is 1040.